The van der Waals surface area contributed by atoms with Crippen molar-refractivity contribution in [2.24, 2.45) is 5.41 Å². The fourth-order valence-electron chi connectivity index (χ4n) is 4.88. The van der Waals surface area contributed by atoms with E-state index in [1.807, 2.05) is 6.20 Å². The van der Waals surface area contributed by atoms with E-state index < -0.39 is 0 Å². The molecule has 2 aromatic heterocycles. The van der Waals surface area contributed by atoms with Crippen LogP contribution in [-0.4, -0.2) is 51.2 Å². The number of benzene rings is 1. The van der Waals surface area contributed by atoms with Gasteiger partial charge >= 0.3 is 0 Å². The molecule has 0 radical (unpaired) electrons. The third kappa shape index (κ3) is 3.41. The molecule has 27 heavy (non-hydrogen) atoms. The number of anilines is 1. The maximum Gasteiger partial charge on any atom is 0.227 e. The van der Waals surface area contributed by atoms with Crippen LogP contribution in [0.4, 0.5) is 5.95 Å². The van der Waals surface area contributed by atoms with E-state index in [-0.39, 0.29) is 0 Å². The minimum absolute atomic E-state index is 0.359. The summed E-state index contributed by atoms with van der Waals surface area (Å²) < 4.78 is 0. The van der Waals surface area contributed by atoms with Crippen LogP contribution in [0.2, 0.25) is 0 Å². The van der Waals surface area contributed by atoms with Gasteiger partial charge in [-0.15, -0.1) is 0 Å². The van der Waals surface area contributed by atoms with Crippen LogP contribution in [0.15, 0.2) is 42.7 Å². The Morgan fingerprint density at radius 3 is 2.74 bits per heavy atom. The minimum atomic E-state index is 0.359. The van der Waals surface area contributed by atoms with Crippen LogP contribution in [0.25, 0.3) is 11.0 Å². The summed E-state index contributed by atoms with van der Waals surface area (Å²) >= 11 is 0. The Kier molecular flexibility index (Phi) is 4.28. The van der Waals surface area contributed by atoms with E-state index in [4.69, 9.17) is 4.98 Å². The van der Waals surface area contributed by atoms with Gasteiger partial charge in [-0.05, 0) is 37.8 Å². The van der Waals surface area contributed by atoms with Gasteiger partial charge in [0.25, 0.3) is 0 Å². The minimum Gasteiger partial charge on any atom is -0.340 e. The lowest BCUT2D eigenvalue weighted by atomic mass is 9.73. The molecular weight excluding hydrogens is 336 g/mol. The summed E-state index contributed by atoms with van der Waals surface area (Å²) in [5, 5.41) is 8.01. The highest BCUT2D eigenvalue weighted by Gasteiger charge is 2.39. The molecule has 1 atom stereocenters. The van der Waals surface area contributed by atoms with Gasteiger partial charge in [0.15, 0.2) is 5.65 Å². The molecule has 0 saturated carbocycles. The predicted octanol–water partition coefficient (Wildman–Crippen LogP) is 3.24. The Hall–Kier alpha value is -2.47. The maximum atomic E-state index is 4.71. The Morgan fingerprint density at radius 1 is 1.00 bits per heavy atom. The molecule has 1 spiro atoms. The normalized spacial score (nSPS) is 23.9. The number of aromatic amines is 1. The van der Waals surface area contributed by atoms with Crippen LogP contribution >= 0.6 is 0 Å². The summed E-state index contributed by atoms with van der Waals surface area (Å²) in [6, 6.07) is 10.8. The molecule has 3 aromatic rings. The molecule has 2 aliphatic heterocycles. The molecule has 0 bridgehead atoms. The van der Waals surface area contributed by atoms with E-state index >= 15 is 0 Å². The fourth-order valence-corrected chi connectivity index (χ4v) is 4.88. The number of hydrogen-bond donors (Lipinski definition) is 1. The summed E-state index contributed by atoms with van der Waals surface area (Å²) in [6.45, 7) is 5.52. The number of nitrogens with one attached hydrogen (secondary N) is 1. The zero-order chi connectivity index (χ0) is 18.1. The van der Waals surface area contributed by atoms with Crippen molar-refractivity contribution in [1.82, 2.24) is 25.1 Å². The van der Waals surface area contributed by atoms with Gasteiger partial charge in [-0.2, -0.15) is 10.1 Å². The summed E-state index contributed by atoms with van der Waals surface area (Å²) in [4.78, 5) is 14.3. The molecule has 6 nitrogen and oxygen atoms in total. The molecule has 0 amide bonds. The van der Waals surface area contributed by atoms with E-state index in [0.29, 0.717) is 5.41 Å². The Morgan fingerprint density at radius 2 is 1.85 bits per heavy atom. The molecule has 1 N–H and O–H groups in total. The molecule has 1 unspecified atom stereocenters. The number of likely N-dealkylation sites (tertiary alicyclic amines) is 1. The molecule has 4 heterocycles. The number of aromatic nitrogens is 4. The molecule has 5 rings (SSSR count). The summed E-state index contributed by atoms with van der Waals surface area (Å²) in [5.41, 5.74) is 2.60. The standard InChI is InChI=1S/C21H26N6/c1-2-6-17(7-3-1)14-26-10-4-8-21(15-26)9-5-11-27(16-21)20-22-12-18-13-23-25-19(18)24-20/h1-3,6-7,12-13H,4-5,8-11,14-16H2,(H,22,23,24,25). The van der Waals surface area contributed by atoms with Crippen molar-refractivity contribution < 1.29 is 0 Å². The van der Waals surface area contributed by atoms with E-state index in [2.05, 4.69) is 55.3 Å². The first-order chi connectivity index (χ1) is 13.3. The first-order valence-corrected chi connectivity index (χ1v) is 9.97. The lowest BCUT2D eigenvalue weighted by molar-refractivity contribution is 0.0681. The largest absolute Gasteiger partial charge is 0.340 e. The lowest BCUT2D eigenvalue weighted by Crippen LogP contribution is -2.52. The van der Waals surface area contributed by atoms with Crippen molar-refractivity contribution in [3.63, 3.8) is 0 Å². The number of hydrogen-bond acceptors (Lipinski definition) is 5. The number of H-pyrrole nitrogens is 1. The Labute approximate surface area is 159 Å². The van der Waals surface area contributed by atoms with Crippen molar-refractivity contribution in [3.8, 4) is 0 Å². The zero-order valence-electron chi connectivity index (χ0n) is 15.6. The van der Waals surface area contributed by atoms with E-state index in [1.165, 1.54) is 44.3 Å². The zero-order valence-corrected chi connectivity index (χ0v) is 15.6. The molecular formula is C21H26N6. The van der Waals surface area contributed by atoms with Gasteiger partial charge in [0.1, 0.15) is 0 Å². The average molecular weight is 362 g/mol. The highest BCUT2D eigenvalue weighted by Crippen LogP contribution is 2.39. The van der Waals surface area contributed by atoms with Crippen molar-refractivity contribution in [2.45, 2.75) is 32.2 Å². The first-order valence-electron chi connectivity index (χ1n) is 9.97. The summed E-state index contributed by atoms with van der Waals surface area (Å²) in [7, 11) is 0. The van der Waals surface area contributed by atoms with E-state index in [1.54, 1.807) is 6.20 Å². The quantitative estimate of drug-likeness (QED) is 0.775. The number of piperidine rings is 2. The molecule has 2 saturated heterocycles. The first kappa shape index (κ1) is 16.7. The molecule has 1 aromatic carbocycles. The second-order valence-corrected chi connectivity index (χ2v) is 8.17. The number of fused-ring (bicyclic) bond motifs is 1. The van der Waals surface area contributed by atoms with Crippen LogP contribution in [0.5, 0.6) is 0 Å². The topological polar surface area (TPSA) is 60.9 Å². The Bertz CT molecular complexity index is 903. The fraction of sp³-hybridized carbons (Fsp3) is 0.476. The smallest absolute Gasteiger partial charge is 0.227 e. The molecule has 0 aliphatic carbocycles. The highest BCUT2D eigenvalue weighted by atomic mass is 15.3. The van der Waals surface area contributed by atoms with Gasteiger partial charge in [-0.25, -0.2) is 4.98 Å². The van der Waals surface area contributed by atoms with Gasteiger partial charge < -0.3 is 4.90 Å². The highest BCUT2D eigenvalue weighted by molar-refractivity contribution is 5.73. The number of nitrogens with zero attached hydrogens (tertiary/aromatic N) is 5. The van der Waals surface area contributed by atoms with Crippen LogP contribution in [0.3, 0.4) is 0 Å². The van der Waals surface area contributed by atoms with Gasteiger partial charge in [0.2, 0.25) is 5.95 Å². The van der Waals surface area contributed by atoms with E-state index in [0.717, 1.165) is 36.6 Å². The second-order valence-electron chi connectivity index (χ2n) is 8.17. The molecule has 2 fully saturated rings. The third-order valence-electron chi connectivity index (χ3n) is 6.11. The summed E-state index contributed by atoms with van der Waals surface area (Å²) in [6.07, 6.45) is 8.76. The monoisotopic (exact) mass is 362 g/mol. The predicted molar refractivity (Wildman–Crippen MR) is 107 cm³/mol. The molecule has 140 valence electrons. The van der Waals surface area contributed by atoms with Gasteiger partial charge in [0, 0.05) is 37.8 Å². The van der Waals surface area contributed by atoms with Gasteiger partial charge in [-0.1, -0.05) is 30.3 Å². The molecule has 6 heteroatoms. The van der Waals surface area contributed by atoms with Gasteiger partial charge in [0.05, 0.1) is 11.6 Å². The van der Waals surface area contributed by atoms with Crippen LogP contribution in [0.1, 0.15) is 31.2 Å². The van der Waals surface area contributed by atoms with Gasteiger partial charge in [-0.3, -0.25) is 10.00 Å². The molecule has 2 aliphatic rings. The average Bonchev–Trinajstić information content (AvgIpc) is 3.17. The van der Waals surface area contributed by atoms with Crippen molar-refractivity contribution in [2.75, 3.05) is 31.1 Å². The van der Waals surface area contributed by atoms with Crippen LogP contribution in [-0.2, 0) is 6.54 Å². The lowest BCUT2D eigenvalue weighted by Gasteiger charge is -2.48. The number of rotatable bonds is 3. The summed E-state index contributed by atoms with van der Waals surface area (Å²) in [5.74, 6) is 0.839. The van der Waals surface area contributed by atoms with Crippen molar-refractivity contribution in [1.29, 1.82) is 0 Å². The van der Waals surface area contributed by atoms with E-state index in [9.17, 15) is 0 Å². The SMILES string of the molecule is c1ccc(CN2CCCC3(CCCN(c4ncc5cn[nH]c5n4)C3)C2)cc1. The van der Waals surface area contributed by atoms with Crippen LogP contribution < -0.4 is 4.90 Å². The van der Waals surface area contributed by atoms with Crippen molar-refractivity contribution in [3.05, 3.63) is 48.3 Å². The second kappa shape index (κ2) is 6.93. The van der Waals surface area contributed by atoms with Crippen molar-refractivity contribution >= 4 is 17.0 Å². The van der Waals surface area contributed by atoms with Crippen LogP contribution in [0, 0.1) is 5.41 Å². The third-order valence-corrected chi connectivity index (χ3v) is 6.11. The Balaban J connectivity index is 1.32. The maximum absolute atomic E-state index is 4.71.